The molecule has 0 saturated carbocycles. The molecule has 1 aromatic heterocycles. The van der Waals surface area contributed by atoms with Crippen LogP contribution in [0.4, 0.5) is 11.5 Å². The van der Waals surface area contributed by atoms with Gasteiger partial charge in [0.15, 0.2) is 0 Å². The molecule has 0 aromatic carbocycles. The van der Waals surface area contributed by atoms with Gasteiger partial charge < -0.3 is 20.3 Å². The van der Waals surface area contributed by atoms with Gasteiger partial charge in [-0.2, -0.15) is 0 Å². The molecule has 2 heterocycles. The van der Waals surface area contributed by atoms with Crippen LogP contribution in [-0.4, -0.2) is 50.8 Å². The van der Waals surface area contributed by atoms with Gasteiger partial charge in [-0.05, 0) is 51.9 Å². The average Bonchev–Trinajstić information content (AvgIpc) is 2.58. The molecule has 1 aliphatic heterocycles. The van der Waals surface area contributed by atoms with Crippen LogP contribution in [0.15, 0.2) is 18.3 Å². The zero-order chi connectivity index (χ0) is 16.7. The molecule has 0 aliphatic carbocycles. The molecule has 25 heavy (non-hydrogen) atoms. The maximum Gasteiger partial charge on any atom is 0.233 e. The largest absolute Gasteiger partial charge is 0.384 e. The van der Waals surface area contributed by atoms with E-state index in [0.717, 1.165) is 50.5 Å². The van der Waals surface area contributed by atoms with Gasteiger partial charge >= 0.3 is 0 Å². The highest BCUT2D eigenvalue weighted by Crippen LogP contribution is 2.31. The third-order valence-corrected chi connectivity index (χ3v) is 4.56. The topological polar surface area (TPSA) is 66.5 Å². The first-order valence-corrected chi connectivity index (χ1v) is 8.37. The van der Waals surface area contributed by atoms with E-state index in [9.17, 15) is 4.79 Å². The summed E-state index contributed by atoms with van der Waals surface area (Å²) in [6.45, 7) is 8.18. The Balaban J connectivity index is 0.00000288. The summed E-state index contributed by atoms with van der Waals surface area (Å²) in [7, 11) is 1.65. The van der Waals surface area contributed by atoms with Crippen LogP contribution >= 0.6 is 24.8 Å². The van der Waals surface area contributed by atoms with E-state index in [4.69, 9.17) is 4.74 Å². The molecule has 1 aromatic rings. The summed E-state index contributed by atoms with van der Waals surface area (Å²) < 4.78 is 5.31. The lowest BCUT2D eigenvalue weighted by Crippen LogP contribution is -2.47. The predicted octanol–water partition coefficient (Wildman–Crippen LogP) is 2.73. The molecule has 0 radical (unpaired) electrons. The van der Waals surface area contributed by atoms with Gasteiger partial charge in [-0.15, -0.1) is 24.8 Å². The maximum atomic E-state index is 12.8. The van der Waals surface area contributed by atoms with Gasteiger partial charge in [-0.1, -0.05) is 0 Å². The minimum Gasteiger partial charge on any atom is -0.384 e. The van der Waals surface area contributed by atoms with Crippen molar-refractivity contribution in [2.45, 2.75) is 26.7 Å². The van der Waals surface area contributed by atoms with E-state index in [0.29, 0.717) is 6.61 Å². The number of halogens is 2. The molecule has 0 unspecified atom stereocenters. The van der Waals surface area contributed by atoms with Crippen molar-refractivity contribution in [3.63, 3.8) is 0 Å². The van der Waals surface area contributed by atoms with Gasteiger partial charge in [0, 0.05) is 20.2 Å². The molecule has 0 bridgehead atoms. The van der Waals surface area contributed by atoms with E-state index in [-0.39, 0.29) is 30.7 Å². The summed E-state index contributed by atoms with van der Waals surface area (Å²) in [6, 6.07) is 3.87. The highest BCUT2D eigenvalue weighted by atomic mass is 35.5. The number of hydrogen-bond acceptors (Lipinski definition) is 5. The quantitative estimate of drug-likeness (QED) is 0.746. The summed E-state index contributed by atoms with van der Waals surface area (Å²) in [5.74, 6) is 0.958. The number of nitrogens with zero attached hydrogens (tertiary/aromatic N) is 2. The number of hydrogen-bond donors (Lipinski definition) is 2. The molecule has 2 rings (SSSR count). The number of pyridine rings is 1. The predicted molar refractivity (Wildman–Crippen MR) is 107 cm³/mol. The number of methoxy groups -OCH3 is 1. The van der Waals surface area contributed by atoms with Crippen molar-refractivity contribution in [1.82, 2.24) is 10.3 Å². The molecule has 0 spiro atoms. The average molecular weight is 393 g/mol. The Morgan fingerprint density at radius 2 is 1.92 bits per heavy atom. The van der Waals surface area contributed by atoms with Crippen LogP contribution in [0.1, 0.15) is 26.7 Å². The number of ether oxygens (including phenoxy) is 1. The first-order valence-electron chi connectivity index (χ1n) is 8.37. The summed E-state index contributed by atoms with van der Waals surface area (Å²) in [6.07, 6.45) is 3.31. The zero-order valence-corrected chi connectivity index (χ0v) is 16.8. The van der Waals surface area contributed by atoms with Gasteiger partial charge in [0.1, 0.15) is 5.82 Å². The fourth-order valence-electron chi connectivity index (χ4n) is 3.08. The van der Waals surface area contributed by atoms with Gasteiger partial charge in [0.2, 0.25) is 5.91 Å². The number of anilines is 2. The molecule has 8 heteroatoms. The first kappa shape index (κ1) is 23.9. The molecule has 1 amide bonds. The Morgan fingerprint density at radius 3 is 2.40 bits per heavy atom. The van der Waals surface area contributed by atoms with Crippen LogP contribution < -0.4 is 15.5 Å². The molecule has 144 valence electrons. The smallest absolute Gasteiger partial charge is 0.233 e. The maximum absolute atomic E-state index is 12.8. The number of rotatable bonds is 7. The highest BCUT2D eigenvalue weighted by molar-refractivity contribution is 5.95. The van der Waals surface area contributed by atoms with Crippen molar-refractivity contribution in [2.24, 2.45) is 5.41 Å². The highest BCUT2D eigenvalue weighted by Gasteiger charge is 2.39. The lowest BCUT2D eigenvalue weighted by molar-refractivity contribution is -0.130. The molecule has 1 aliphatic rings. The second-order valence-electron chi connectivity index (χ2n) is 5.99. The normalized spacial score (nSPS) is 15.5. The van der Waals surface area contributed by atoms with Crippen molar-refractivity contribution in [1.29, 1.82) is 0 Å². The number of carbonyl (C=O) groups excluding carboxylic acids is 1. The van der Waals surface area contributed by atoms with E-state index in [1.54, 1.807) is 13.3 Å². The van der Waals surface area contributed by atoms with Crippen molar-refractivity contribution >= 4 is 42.2 Å². The lowest BCUT2D eigenvalue weighted by Gasteiger charge is -2.35. The second kappa shape index (κ2) is 11.5. The van der Waals surface area contributed by atoms with E-state index in [2.05, 4.69) is 34.4 Å². The van der Waals surface area contributed by atoms with Crippen LogP contribution in [0.5, 0.6) is 0 Å². The number of amides is 1. The fraction of sp³-hybridized carbons (Fsp3) is 0.647. The van der Waals surface area contributed by atoms with Crippen LogP contribution in [0.25, 0.3) is 0 Å². The van der Waals surface area contributed by atoms with Crippen LogP contribution in [0.2, 0.25) is 0 Å². The summed E-state index contributed by atoms with van der Waals surface area (Å²) in [5.41, 5.74) is 0.289. The van der Waals surface area contributed by atoms with E-state index in [1.807, 2.05) is 12.1 Å². The molecule has 1 fully saturated rings. The van der Waals surface area contributed by atoms with Crippen LogP contribution in [0.3, 0.4) is 0 Å². The van der Waals surface area contributed by atoms with Crippen LogP contribution in [0, 0.1) is 5.41 Å². The number of piperidine rings is 1. The van der Waals surface area contributed by atoms with Crippen molar-refractivity contribution in [2.75, 3.05) is 50.1 Å². The molecular weight excluding hydrogens is 363 g/mol. The monoisotopic (exact) mass is 392 g/mol. The minimum absolute atomic E-state index is 0. The Hall–Kier alpha value is -1.08. The fourth-order valence-corrected chi connectivity index (χ4v) is 3.08. The second-order valence-corrected chi connectivity index (χ2v) is 5.99. The third kappa shape index (κ3) is 5.99. The molecule has 2 N–H and O–H groups in total. The Labute approximate surface area is 162 Å². The summed E-state index contributed by atoms with van der Waals surface area (Å²) >= 11 is 0. The van der Waals surface area contributed by atoms with Crippen molar-refractivity contribution < 1.29 is 9.53 Å². The number of aromatic nitrogens is 1. The minimum atomic E-state index is -0.447. The van der Waals surface area contributed by atoms with Gasteiger partial charge in [-0.25, -0.2) is 4.98 Å². The summed E-state index contributed by atoms with van der Waals surface area (Å²) in [4.78, 5) is 19.4. The van der Waals surface area contributed by atoms with Gasteiger partial charge in [0.25, 0.3) is 0 Å². The standard InChI is InChI=1S/C17H28N4O2.2ClH/c1-4-21(5-2)15-7-6-14(12-19-15)20-16(22)17(13-23-3)8-10-18-11-9-17;;/h6-7,12,18H,4-5,8-11,13H2,1-3H3,(H,20,22);2*1H. The van der Waals surface area contributed by atoms with Crippen molar-refractivity contribution in [3.05, 3.63) is 18.3 Å². The Bertz CT molecular complexity index is 498. The van der Waals surface area contributed by atoms with E-state index in [1.165, 1.54) is 0 Å². The number of carbonyl (C=O) groups is 1. The lowest BCUT2D eigenvalue weighted by atomic mass is 9.78. The Morgan fingerprint density at radius 1 is 1.28 bits per heavy atom. The van der Waals surface area contributed by atoms with E-state index < -0.39 is 5.41 Å². The Kier molecular flexibility index (Phi) is 11.0. The third-order valence-electron chi connectivity index (χ3n) is 4.56. The van der Waals surface area contributed by atoms with Crippen molar-refractivity contribution in [3.8, 4) is 0 Å². The van der Waals surface area contributed by atoms with Crippen LogP contribution in [-0.2, 0) is 9.53 Å². The van der Waals surface area contributed by atoms with E-state index >= 15 is 0 Å². The molecule has 6 nitrogen and oxygen atoms in total. The molecular formula is C17H30Cl2N4O2. The number of nitrogens with one attached hydrogen (secondary N) is 2. The molecule has 1 saturated heterocycles. The molecule has 0 atom stereocenters. The zero-order valence-electron chi connectivity index (χ0n) is 15.2. The SMILES string of the molecule is CCN(CC)c1ccc(NC(=O)C2(COC)CCNCC2)cn1.Cl.Cl. The summed E-state index contributed by atoms with van der Waals surface area (Å²) in [5, 5.41) is 6.31. The van der Waals surface area contributed by atoms with Gasteiger partial charge in [0.05, 0.1) is 23.9 Å². The van der Waals surface area contributed by atoms with Gasteiger partial charge in [-0.3, -0.25) is 4.79 Å². The first-order chi connectivity index (χ1) is 11.1.